The molecule has 5 heterocycles. The maximum atomic E-state index is 14.0. The van der Waals surface area contributed by atoms with Gasteiger partial charge in [-0.15, -0.1) is 0 Å². The van der Waals surface area contributed by atoms with Crippen molar-refractivity contribution in [3.8, 4) is 17.2 Å². The molecular weight excluding hydrogens is 685 g/mol. The summed E-state index contributed by atoms with van der Waals surface area (Å²) in [5.41, 5.74) is 2.93. The van der Waals surface area contributed by atoms with Crippen molar-refractivity contribution in [3.05, 3.63) is 88.1 Å². The molecule has 1 unspecified atom stereocenters. The minimum atomic E-state index is -4.25. The smallest absolute Gasteiger partial charge is 0.255 e. The number of carbonyl (C=O) groups is 3. The molecule has 16 heteroatoms. The molecule has 3 amide bonds. The van der Waals surface area contributed by atoms with E-state index in [4.69, 9.17) is 19.2 Å². The van der Waals surface area contributed by atoms with Gasteiger partial charge in [-0.3, -0.25) is 14.4 Å². The van der Waals surface area contributed by atoms with Gasteiger partial charge in [0.2, 0.25) is 21.8 Å². The van der Waals surface area contributed by atoms with E-state index in [1.165, 1.54) is 17.4 Å². The number of sulfonamides is 1. The van der Waals surface area contributed by atoms with Crippen molar-refractivity contribution in [1.82, 2.24) is 29.4 Å². The van der Waals surface area contributed by atoms with Crippen LogP contribution in [0, 0.1) is 0 Å². The van der Waals surface area contributed by atoms with Crippen LogP contribution in [0.1, 0.15) is 39.8 Å². The Morgan fingerprint density at radius 2 is 1.74 bits per heavy atom. The number of aromatic nitrogens is 2. The topological polar surface area (TPSA) is 161 Å². The number of hydrogen-bond donors (Lipinski definition) is 2. The second-order valence-electron chi connectivity index (χ2n) is 12.0. The molecule has 14 nitrogen and oxygen atoms in total. The Morgan fingerprint density at radius 3 is 2.60 bits per heavy atom. The van der Waals surface area contributed by atoms with E-state index in [2.05, 4.69) is 10.6 Å². The van der Waals surface area contributed by atoms with E-state index < -0.39 is 28.5 Å². The highest BCUT2D eigenvalue weighted by Crippen LogP contribution is 2.38. The molecule has 2 aromatic heterocycles. The van der Waals surface area contributed by atoms with Crippen LogP contribution in [0.2, 0.25) is 0 Å². The predicted octanol–water partition coefficient (Wildman–Crippen LogP) is 2.21. The first-order valence-corrected chi connectivity index (χ1v) is 18.7. The Balaban J connectivity index is 1.17. The number of amides is 3. The summed E-state index contributed by atoms with van der Waals surface area (Å²) in [5.74, 6) is 0.00783. The lowest BCUT2D eigenvalue weighted by molar-refractivity contribution is -0.121. The van der Waals surface area contributed by atoms with Crippen molar-refractivity contribution in [2.75, 3.05) is 52.5 Å². The molecule has 0 aliphatic carbocycles. The van der Waals surface area contributed by atoms with E-state index in [1.807, 2.05) is 35.0 Å². The lowest BCUT2D eigenvalue weighted by Gasteiger charge is -2.36. The maximum absolute atomic E-state index is 14.0. The fourth-order valence-corrected chi connectivity index (χ4v) is 8.53. The molecule has 1 atom stereocenters. The fourth-order valence-electron chi connectivity index (χ4n) is 6.36. The molecule has 0 radical (unpaired) electrons. The highest BCUT2D eigenvalue weighted by atomic mass is 32.2. The number of rotatable bonds is 3. The average molecular weight is 721 g/mol. The zero-order valence-electron chi connectivity index (χ0n) is 27.1. The summed E-state index contributed by atoms with van der Waals surface area (Å²) in [7, 11) is -4.25. The van der Waals surface area contributed by atoms with Crippen LogP contribution in [0.5, 0.6) is 17.2 Å². The number of nitrogens with zero attached hydrogens (tertiary/aromatic N) is 4. The molecule has 6 bridgehead atoms. The minimum absolute atomic E-state index is 0.0548. The van der Waals surface area contributed by atoms with Gasteiger partial charge in [0.25, 0.3) is 5.91 Å². The second-order valence-corrected chi connectivity index (χ2v) is 14.6. The highest BCUT2D eigenvalue weighted by molar-refractivity contribution is 7.89. The number of hydrogen-bond acceptors (Lipinski definition) is 10. The van der Waals surface area contributed by atoms with Crippen molar-refractivity contribution in [2.45, 2.75) is 30.3 Å². The van der Waals surface area contributed by atoms with Crippen molar-refractivity contribution < 1.29 is 37.0 Å². The summed E-state index contributed by atoms with van der Waals surface area (Å²) in [6.45, 7) is 0.647. The third kappa shape index (κ3) is 6.90. The largest absolute Gasteiger partial charge is 0.494 e. The SMILES string of the molecule is O=C1CN(S(=O)(=O)c2cccc3c2OCCO3)CCNC(=O)Cn2cnc3c2CCN(C(=O)c2ccsc2)C3c2cccc(c2)OCCCN1. The molecule has 2 N–H and O–H groups in total. The van der Waals surface area contributed by atoms with Crippen LogP contribution in [-0.4, -0.2) is 97.4 Å². The van der Waals surface area contributed by atoms with E-state index >= 15 is 0 Å². The van der Waals surface area contributed by atoms with Gasteiger partial charge in [0, 0.05) is 43.7 Å². The third-order valence-electron chi connectivity index (χ3n) is 8.72. The van der Waals surface area contributed by atoms with Gasteiger partial charge in [0.1, 0.15) is 36.4 Å². The monoisotopic (exact) mass is 720 g/mol. The quantitative estimate of drug-likeness (QED) is 0.324. The Hall–Kier alpha value is -4.93. The zero-order valence-corrected chi connectivity index (χ0v) is 28.7. The third-order valence-corrected chi connectivity index (χ3v) is 11.3. The van der Waals surface area contributed by atoms with E-state index in [0.717, 1.165) is 15.6 Å². The van der Waals surface area contributed by atoms with Gasteiger partial charge in [-0.2, -0.15) is 15.6 Å². The summed E-state index contributed by atoms with van der Waals surface area (Å²) in [4.78, 5) is 46.4. The molecule has 7 rings (SSSR count). The molecule has 0 fully saturated rings. The Bertz CT molecular complexity index is 2000. The number of fused-ring (bicyclic) bond motifs is 4. The van der Waals surface area contributed by atoms with E-state index in [-0.39, 0.29) is 68.5 Å². The minimum Gasteiger partial charge on any atom is -0.494 e. The number of nitrogens with one attached hydrogen (secondary N) is 2. The van der Waals surface area contributed by atoms with Crippen LogP contribution in [0.25, 0.3) is 0 Å². The number of ether oxygens (including phenoxy) is 3. The van der Waals surface area contributed by atoms with Crippen LogP contribution >= 0.6 is 11.3 Å². The Kier molecular flexibility index (Phi) is 9.74. The molecule has 50 heavy (non-hydrogen) atoms. The van der Waals surface area contributed by atoms with Crippen molar-refractivity contribution in [2.24, 2.45) is 0 Å². The summed E-state index contributed by atoms with van der Waals surface area (Å²) in [6.07, 6.45) is 2.54. The molecule has 4 aromatic rings. The van der Waals surface area contributed by atoms with Gasteiger partial charge in [-0.1, -0.05) is 18.2 Å². The van der Waals surface area contributed by atoms with Crippen LogP contribution < -0.4 is 24.8 Å². The van der Waals surface area contributed by atoms with Crippen LogP contribution in [-0.2, 0) is 32.6 Å². The summed E-state index contributed by atoms with van der Waals surface area (Å²) in [6, 6.07) is 13.4. The molecular formula is C34H36N6O8S2. The Labute approximate surface area is 293 Å². The van der Waals surface area contributed by atoms with Crippen LogP contribution in [0.15, 0.2) is 70.5 Å². The first kappa shape index (κ1) is 33.6. The predicted molar refractivity (Wildman–Crippen MR) is 182 cm³/mol. The average Bonchev–Trinajstić information content (AvgIpc) is 3.81. The van der Waals surface area contributed by atoms with Crippen molar-refractivity contribution in [1.29, 1.82) is 0 Å². The normalized spacial score (nSPS) is 19.1. The van der Waals surface area contributed by atoms with Crippen molar-refractivity contribution >= 4 is 39.1 Å². The first-order chi connectivity index (χ1) is 24.3. The van der Waals surface area contributed by atoms with Crippen molar-refractivity contribution in [3.63, 3.8) is 0 Å². The van der Waals surface area contributed by atoms with Gasteiger partial charge in [-0.25, -0.2) is 13.4 Å². The number of imidazole rings is 1. The number of thiophene rings is 1. The van der Waals surface area contributed by atoms with E-state index in [9.17, 15) is 22.8 Å². The van der Waals surface area contributed by atoms with Gasteiger partial charge >= 0.3 is 0 Å². The summed E-state index contributed by atoms with van der Waals surface area (Å²) >= 11 is 1.45. The molecule has 0 saturated carbocycles. The standard InChI is InChI=1S/C34H36N6O8S2/c41-29-19-38-22-37-31-26(38)8-12-40(34(43)24-9-17-49-21-24)32(31)23-4-1-5-25(18-23)46-14-3-10-35-30(42)20-39(13-11-36-29)50(44,45)28-7-2-6-27-33(28)48-16-15-47-27/h1-2,4-7,9,17-18,21-22,32H,3,8,10-16,19-20H2,(H,35,42)(H,36,41). The molecule has 3 aliphatic heterocycles. The number of benzene rings is 2. The molecule has 262 valence electrons. The van der Waals surface area contributed by atoms with Crippen LogP contribution in [0.4, 0.5) is 0 Å². The first-order valence-electron chi connectivity index (χ1n) is 16.3. The summed E-state index contributed by atoms with van der Waals surface area (Å²) in [5, 5.41) is 9.28. The highest BCUT2D eigenvalue weighted by Gasteiger charge is 2.37. The van der Waals surface area contributed by atoms with Gasteiger partial charge in [0.05, 0.1) is 30.7 Å². The Morgan fingerprint density at radius 1 is 0.920 bits per heavy atom. The lowest BCUT2D eigenvalue weighted by atomic mass is 9.94. The molecule has 2 aromatic carbocycles. The molecule has 0 saturated heterocycles. The number of carbonyl (C=O) groups excluding carboxylic acids is 3. The number of para-hydroxylation sites is 1. The second kappa shape index (κ2) is 14.5. The van der Waals surface area contributed by atoms with Crippen LogP contribution in [0.3, 0.4) is 0 Å². The van der Waals surface area contributed by atoms with E-state index in [0.29, 0.717) is 42.1 Å². The molecule has 0 spiro atoms. The lowest BCUT2D eigenvalue weighted by Crippen LogP contribution is -2.45. The zero-order chi connectivity index (χ0) is 34.7. The maximum Gasteiger partial charge on any atom is 0.255 e. The molecule has 3 aliphatic rings. The van der Waals surface area contributed by atoms with E-state index in [1.54, 1.807) is 34.0 Å². The van der Waals surface area contributed by atoms with Gasteiger partial charge in [0.15, 0.2) is 11.5 Å². The van der Waals surface area contributed by atoms with Gasteiger partial charge < -0.3 is 34.3 Å². The van der Waals surface area contributed by atoms with Gasteiger partial charge in [-0.05, 0) is 47.7 Å². The fraction of sp³-hybridized carbons (Fsp3) is 0.353. The summed E-state index contributed by atoms with van der Waals surface area (Å²) < 4.78 is 48.0.